The molecule has 0 radical (unpaired) electrons. The fourth-order valence-electron chi connectivity index (χ4n) is 2.39. The first kappa shape index (κ1) is 15.6. The Hall–Kier alpha value is -1.76. The van der Waals surface area contributed by atoms with Gasteiger partial charge in [-0.3, -0.25) is 0 Å². The molecule has 0 amide bonds. The quantitative estimate of drug-likeness (QED) is 0.901. The Morgan fingerprint density at radius 2 is 1.90 bits per heavy atom. The second-order valence-electron chi connectivity index (χ2n) is 5.32. The number of nitrogens with one attached hydrogen (secondary N) is 1. The second-order valence-corrected chi connectivity index (χ2v) is 5.32. The van der Waals surface area contributed by atoms with E-state index in [1.54, 1.807) is 0 Å². The highest BCUT2D eigenvalue weighted by Gasteiger charge is 2.32. The van der Waals surface area contributed by atoms with Gasteiger partial charge in [0.15, 0.2) is 0 Å². The standard InChI is InChI=1S/C14H17F3N2O2/c1-19-4-2-11(3-5-19)18-12-7-9(13(20)21)6-10(8-12)14(15,16)17/h6-8,11,18H,2-5H2,1H3,(H,20,21). The zero-order chi connectivity index (χ0) is 15.6. The number of benzene rings is 1. The highest BCUT2D eigenvalue weighted by atomic mass is 19.4. The molecule has 0 saturated carbocycles. The summed E-state index contributed by atoms with van der Waals surface area (Å²) in [7, 11) is 1.99. The number of alkyl halides is 3. The normalized spacial score (nSPS) is 17.7. The number of hydrogen-bond acceptors (Lipinski definition) is 3. The Labute approximate surface area is 120 Å². The molecule has 0 spiro atoms. The molecule has 2 rings (SSSR count). The van der Waals surface area contributed by atoms with Crippen molar-refractivity contribution in [2.45, 2.75) is 25.1 Å². The average Bonchev–Trinajstić information content (AvgIpc) is 2.40. The number of carbonyl (C=O) groups is 1. The van der Waals surface area contributed by atoms with E-state index in [1.165, 1.54) is 6.07 Å². The molecule has 1 aliphatic rings. The molecule has 1 fully saturated rings. The Morgan fingerprint density at radius 3 is 2.43 bits per heavy atom. The number of nitrogens with zero attached hydrogens (tertiary/aromatic N) is 1. The van der Waals surface area contributed by atoms with Crippen molar-refractivity contribution in [3.8, 4) is 0 Å². The lowest BCUT2D eigenvalue weighted by atomic mass is 10.0. The molecule has 1 aromatic carbocycles. The van der Waals surface area contributed by atoms with Crippen LogP contribution in [-0.2, 0) is 6.18 Å². The minimum absolute atomic E-state index is 0.0614. The number of likely N-dealkylation sites (tertiary alicyclic amines) is 1. The molecule has 1 aromatic rings. The zero-order valence-corrected chi connectivity index (χ0v) is 11.6. The number of piperidine rings is 1. The van der Waals surface area contributed by atoms with Crippen LogP contribution in [-0.4, -0.2) is 42.2 Å². The van der Waals surface area contributed by atoms with Gasteiger partial charge in [-0.15, -0.1) is 0 Å². The van der Waals surface area contributed by atoms with Gasteiger partial charge in [0.25, 0.3) is 0 Å². The molecular formula is C14H17F3N2O2. The van der Waals surface area contributed by atoms with Crippen LogP contribution in [0, 0.1) is 0 Å². The van der Waals surface area contributed by atoms with E-state index in [4.69, 9.17) is 5.11 Å². The van der Waals surface area contributed by atoms with E-state index in [-0.39, 0.29) is 17.3 Å². The molecule has 2 N–H and O–H groups in total. The van der Waals surface area contributed by atoms with Gasteiger partial charge in [0.2, 0.25) is 0 Å². The Morgan fingerprint density at radius 1 is 1.29 bits per heavy atom. The summed E-state index contributed by atoms with van der Waals surface area (Å²) in [6.45, 7) is 1.73. The van der Waals surface area contributed by atoms with Crippen LogP contribution in [0.1, 0.15) is 28.8 Å². The molecule has 4 nitrogen and oxygen atoms in total. The first-order valence-electron chi connectivity index (χ1n) is 6.66. The van der Waals surface area contributed by atoms with Gasteiger partial charge in [0.05, 0.1) is 11.1 Å². The first-order valence-corrected chi connectivity index (χ1v) is 6.66. The Balaban J connectivity index is 2.22. The number of carboxylic acids is 1. The monoisotopic (exact) mass is 302 g/mol. The summed E-state index contributed by atoms with van der Waals surface area (Å²) in [4.78, 5) is 13.1. The smallest absolute Gasteiger partial charge is 0.416 e. The van der Waals surface area contributed by atoms with Crippen LogP contribution in [0.2, 0.25) is 0 Å². The maximum absolute atomic E-state index is 12.8. The van der Waals surface area contributed by atoms with Crippen LogP contribution in [0.15, 0.2) is 18.2 Å². The summed E-state index contributed by atoms with van der Waals surface area (Å²) < 4.78 is 38.4. The minimum Gasteiger partial charge on any atom is -0.478 e. The summed E-state index contributed by atoms with van der Waals surface area (Å²) in [5.41, 5.74) is -1.10. The van der Waals surface area contributed by atoms with Crippen LogP contribution in [0.4, 0.5) is 18.9 Å². The van der Waals surface area contributed by atoms with Crippen LogP contribution < -0.4 is 5.32 Å². The highest BCUT2D eigenvalue weighted by Crippen LogP contribution is 2.32. The number of halogens is 3. The van der Waals surface area contributed by atoms with E-state index >= 15 is 0 Å². The number of anilines is 1. The van der Waals surface area contributed by atoms with Crippen molar-refractivity contribution in [1.82, 2.24) is 4.90 Å². The summed E-state index contributed by atoms with van der Waals surface area (Å²) in [6, 6.07) is 2.93. The lowest BCUT2D eigenvalue weighted by Gasteiger charge is -2.30. The third-order valence-electron chi connectivity index (χ3n) is 3.60. The molecular weight excluding hydrogens is 285 g/mol. The maximum atomic E-state index is 12.8. The fraction of sp³-hybridized carbons (Fsp3) is 0.500. The predicted octanol–water partition coefficient (Wildman–Crippen LogP) is 2.91. The van der Waals surface area contributed by atoms with E-state index in [0.717, 1.165) is 32.0 Å². The van der Waals surface area contributed by atoms with Gasteiger partial charge in [0.1, 0.15) is 0 Å². The molecule has 1 aliphatic heterocycles. The van der Waals surface area contributed by atoms with Gasteiger partial charge >= 0.3 is 12.1 Å². The van der Waals surface area contributed by atoms with Crippen molar-refractivity contribution in [1.29, 1.82) is 0 Å². The first-order chi connectivity index (χ1) is 9.75. The van der Waals surface area contributed by atoms with Crippen LogP contribution in [0.3, 0.4) is 0 Å². The van der Waals surface area contributed by atoms with Gasteiger partial charge < -0.3 is 15.3 Å². The van der Waals surface area contributed by atoms with Crippen molar-refractivity contribution in [3.63, 3.8) is 0 Å². The van der Waals surface area contributed by atoms with Crippen molar-refractivity contribution < 1.29 is 23.1 Å². The highest BCUT2D eigenvalue weighted by molar-refractivity contribution is 5.89. The topological polar surface area (TPSA) is 52.6 Å². The molecule has 0 unspecified atom stereocenters. The summed E-state index contributed by atoms with van der Waals surface area (Å²) in [5, 5.41) is 12.0. The molecule has 7 heteroatoms. The second kappa shape index (κ2) is 5.93. The molecule has 21 heavy (non-hydrogen) atoms. The Bertz CT molecular complexity index is 523. The van der Waals surface area contributed by atoms with Crippen molar-refractivity contribution in [3.05, 3.63) is 29.3 Å². The van der Waals surface area contributed by atoms with E-state index in [1.807, 2.05) is 7.05 Å². The van der Waals surface area contributed by atoms with E-state index in [0.29, 0.717) is 6.07 Å². The molecule has 0 bridgehead atoms. The molecule has 116 valence electrons. The van der Waals surface area contributed by atoms with E-state index in [2.05, 4.69) is 10.2 Å². The summed E-state index contributed by atoms with van der Waals surface area (Å²) in [6.07, 6.45) is -2.93. The average molecular weight is 302 g/mol. The van der Waals surface area contributed by atoms with Crippen molar-refractivity contribution >= 4 is 11.7 Å². The number of rotatable bonds is 3. The van der Waals surface area contributed by atoms with E-state index < -0.39 is 17.7 Å². The summed E-state index contributed by atoms with van der Waals surface area (Å²) in [5.74, 6) is -1.37. The van der Waals surface area contributed by atoms with Crippen LogP contribution >= 0.6 is 0 Å². The lowest BCUT2D eigenvalue weighted by Crippen LogP contribution is -2.36. The molecule has 0 aliphatic carbocycles. The van der Waals surface area contributed by atoms with Crippen molar-refractivity contribution in [2.24, 2.45) is 0 Å². The molecule has 0 aromatic heterocycles. The van der Waals surface area contributed by atoms with Gasteiger partial charge in [-0.05, 0) is 51.2 Å². The third kappa shape index (κ3) is 4.10. The molecule has 1 heterocycles. The molecule has 0 atom stereocenters. The zero-order valence-electron chi connectivity index (χ0n) is 11.6. The van der Waals surface area contributed by atoms with Gasteiger partial charge in [-0.2, -0.15) is 13.2 Å². The lowest BCUT2D eigenvalue weighted by molar-refractivity contribution is -0.137. The fourth-order valence-corrected chi connectivity index (χ4v) is 2.39. The van der Waals surface area contributed by atoms with Gasteiger partial charge in [0, 0.05) is 11.7 Å². The van der Waals surface area contributed by atoms with Gasteiger partial charge in [-0.25, -0.2) is 4.79 Å². The summed E-state index contributed by atoms with van der Waals surface area (Å²) >= 11 is 0. The van der Waals surface area contributed by atoms with Crippen molar-refractivity contribution in [2.75, 3.05) is 25.5 Å². The number of carboxylic acid groups (broad SMARTS) is 1. The van der Waals surface area contributed by atoms with Crippen LogP contribution in [0.25, 0.3) is 0 Å². The number of aromatic carboxylic acids is 1. The van der Waals surface area contributed by atoms with E-state index in [9.17, 15) is 18.0 Å². The number of hydrogen-bond donors (Lipinski definition) is 2. The van der Waals surface area contributed by atoms with Crippen LogP contribution in [0.5, 0.6) is 0 Å². The third-order valence-corrected chi connectivity index (χ3v) is 3.60. The Kier molecular flexibility index (Phi) is 4.41. The maximum Gasteiger partial charge on any atom is 0.416 e. The largest absolute Gasteiger partial charge is 0.478 e. The molecule has 1 saturated heterocycles. The van der Waals surface area contributed by atoms with Gasteiger partial charge in [-0.1, -0.05) is 0 Å². The minimum atomic E-state index is -4.56. The SMILES string of the molecule is CN1CCC(Nc2cc(C(=O)O)cc(C(F)(F)F)c2)CC1. The predicted molar refractivity (Wildman–Crippen MR) is 72.5 cm³/mol.